The molecule has 0 fully saturated rings. The second-order valence-corrected chi connectivity index (χ2v) is 5.68. The van der Waals surface area contributed by atoms with Crippen LogP contribution in [-0.4, -0.2) is 30.4 Å². The van der Waals surface area contributed by atoms with Gasteiger partial charge in [-0.15, -0.1) is 0 Å². The van der Waals surface area contributed by atoms with Gasteiger partial charge in [-0.05, 0) is 31.9 Å². The Morgan fingerprint density at radius 3 is 2.26 bits per heavy atom. The zero-order valence-electron chi connectivity index (χ0n) is 11.9. The molecule has 0 saturated carbocycles. The van der Waals surface area contributed by atoms with Crippen molar-refractivity contribution in [2.75, 3.05) is 18.6 Å². The second kappa shape index (κ2) is 7.34. The number of methoxy groups -OCH3 is 1. The smallest absolute Gasteiger partial charge is 0.306 e. The Morgan fingerprint density at radius 2 is 1.74 bits per heavy atom. The summed E-state index contributed by atoms with van der Waals surface area (Å²) in [7, 11) is 1.37. The van der Waals surface area contributed by atoms with E-state index in [0.717, 1.165) is 16.7 Å². The summed E-state index contributed by atoms with van der Waals surface area (Å²) in [5.41, 5.74) is 4.04. The van der Waals surface area contributed by atoms with Crippen molar-refractivity contribution in [2.45, 2.75) is 27.2 Å². The number of rotatable bonds is 6. The second-order valence-electron chi connectivity index (χ2n) is 4.58. The quantitative estimate of drug-likeness (QED) is 0.456. The van der Waals surface area contributed by atoms with Crippen LogP contribution in [0.3, 0.4) is 0 Å². The van der Waals surface area contributed by atoms with Gasteiger partial charge in [0.2, 0.25) is 0 Å². The lowest BCUT2D eigenvalue weighted by atomic mass is 9.97. The maximum absolute atomic E-state index is 12.2. The minimum atomic E-state index is -0.234. The lowest BCUT2D eigenvalue weighted by Gasteiger charge is -2.10. The summed E-state index contributed by atoms with van der Waals surface area (Å²) in [6.07, 6.45) is 0.348. The van der Waals surface area contributed by atoms with Crippen molar-refractivity contribution >= 4 is 23.5 Å². The molecule has 0 heterocycles. The number of hydrogen-bond donors (Lipinski definition) is 0. The summed E-state index contributed by atoms with van der Waals surface area (Å²) >= 11 is 1.47. The summed E-state index contributed by atoms with van der Waals surface area (Å²) in [5, 5.41) is 0. The van der Waals surface area contributed by atoms with Crippen LogP contribution in [0, 0.1) is 20.8 Å². The van der Waals surface area contributed by atoms with Gasteiger partial charge in [-0.2, -0.15) is 11.8 Å². The Bertz CT molecular complexity index is 457. The highest BCUT2D eigenvalue weighted by Crippen LogP contribution is 2.19. The number of thioether (sulfide) groups is 1. The molecule has 4 heteroatoms. The first-order valence-corrected chi connectivity index (χ1v) is 7.36. The molecule has 0 aromatic heterocycles. The molecule has 0 N–H and O–H groups in total. The van der Waals surface area contributed by atoms with Crippen LogP contribution in [0.1, 0.15) is 33.5 Å². The highest BCUT2D eigenvalue weighted by molar-refractivity contribution is 8.00. The molecule has 0 unspecified atom stereocenters. The van der Waals surface area contributed by atoms with E-state index in [1.807, 2.05) is 32.9 Å². The minimum absolute atomic E-state index is 0.130. The van der Waals surface area contributed by atoms with Crippen molar-refractivity contribution in [2.24, 2.45) is 0 Å². The van der Waals surface area contributed by atoms with Gasteiger partial charge in [0.1, 0.15) is 0 Å². The maximum Gasteiger partial charge on any atom is 0.306 e. The van der Waals surface area contributed by atoms with Crippen molar-refractivity contribution in [3.05, 3.63) is 34.4 Å². The Kier molecular flexibility index (Phi) is 6.09. The molecule has 0 spiro atoms. The first-order chi connectivity index (χ1) is 8.95. The lowest BCUT2D eigenvalue weighted by molar-refractivity contribution is -0.140. The fourth-order valence-electron chi connectivity index (χ4n) is 2.11. The highest BCUT2D eigenvalue weighted by atomic mass is 32.2. The van der Waals surface area contributed by atoms with Crippen molar-refractivity contribution < 1.29 is 14.3 Å². The average molecular weight is 280 g/mol. The van der Waals surface area contributed by atoms with Crippen LogP contribution < -0.4 is 0 Å². The van der Waals surface area contributed by atoms with Gasteiger partial charge in [0.05, 0.1) is 19.3 Å². The van der Waals surface area contributed by atoms with Crippen LogP contribution in [0.25, 0.3) is 0 Å². The number of benzene rings is 1. The Balaban J connectivity index is 2.57. The summed E-state index contributed by atoms with van der Waals surface area (Å²) in [4.78, 5) is 23.1. The number of aryl methyl sites for hydroxylation is 3. The highest BCUT2D eigenvalue weighted by Gasteiger charge is 2.13. The molecule has 0 atom stereocenters. The number of carbonyl (C=O) groups excluding carboxylic acids is 2. The van der Waals surface area contributed by atoms with Crippen LogP contribution in [0.5, 0.6) is 0 Å². The zero-order valence-corrected chi connectivity index (χ0v) is 12.7. The fraction of sp³-hybridized carbons (Fsp3) is 0.467. The molecule has 1 aromatic rings. The van der Waals surface area contributed by atoms with E-state index in [1.165, 1.54) is 24.4 Å². The van der Waals surface area contributed by atoms with Crippen molar-refractivity contribution in [1.29, 1.82) is 0 Å². The monoisotopic (exact) mass is 280 g/mol. The van der Waals surface area contributed by atoms with Gasteiger partial charge in [0.15, 0.2) is 5.78 Å². The Hall–Kier alpha value is -1.29. The van der Waals surface area contributed by atoms with Gasteiger partial charge in [-0.1, -0.05) is 17.7 Å². The van der Waals surface area contributed by atoms with Gasteiger partial charge >= 0.3 is 5.97 Å². The summed E-state index contributed by atoms with van der Waals surface area (Å²) in [6, 6.07) is 4.05. The molecule has 1 rings (SSSR count). The Morgan fingerprint density at radius 1 is 1.16 bits per heavy atom. The topological polar surface area (TPSA) is 43.4 Å². The molecule has 3 nitrogen and oxygen atoms in total. The van der Waals surface area contributed by atoms with Gasteiger partial charge in [0, 0.05) is 11.3 Å². The summed E-state index contributed by atoms with van der Waals surface area (Å²) in [5.74, 6) is 0.914. The fourth-order valence-corrected chi connectivity index (χ4v) is 2.90. The third-order valence-electron chi connectivity index (χ3n) is 2.87. The molecule has 0 bridgehead atoms. The third-order valence-corrected chi connectivity index (χ3v) is 3.83. The van der Waals surface area contributed by atoms with E-state index in [0.29, 0.717) is 17.9 Å². The van der Waals surface area contributed by atoms with Crippen LogP contribution in [-0.2, 0) is 9.53 Å². The number of hydrogen-bond acceptors (Lipinski definition) is 4. The Labute approximate surface area is 118 Å². The molecule has 0 saturated heterocycles. The number of Topliss-reactive ketones (excluding diaryl/α,β-unsaturated/α-hetero) is 1. The normalized spacial score (nSPS) is 10.3. The van der Waals surface area contributed by atoms with E-state index >= 15 is 0 Å². The first-order valence-electron chi connectivity index (χ1n) is 6.21. The largest absolute Gasteiger partial charge is 0.469 e. The van der Waals surface area contributed by atoms with Gasteiger partial charge in [0.25, 0.3) is 0 Å². The molecule has 19 heavy (non-hydrogen) atoms. The van der Waals surface area contributed by atoms with Crippen molar-refractivity contribution in [3.8, 4) is 0 Å². The molecule has 0 radical (unpaired) electrons. The van der Waals surface area contributed by atoms with E-state index < -0.39 is 0 Å². The van der Waals surface area contributed by atoms with E-state index in [4.69, 9.17) is 0 Å². The molecule has 0 aliphatic rings. The molecular weight excluding hydrogens is 260 g/mol. The van der Waals surface area contributed by atoms with E-state index in [1.54, 1.807) is 0 Å². The van der Waals surface area contributed by atoms with E-state index in [9.17, 15) is 9.59 Å². The van der Waals surface area contributed by atoms with Crippen molar-refractivity contribution in [1.82, 2.24) is 0 Å². The number of carbonyl (C=O) groups is 2. The predicted octanol–water partition coefficient (Wildman–Crippen LogP) is 3.09. The third kappa shape index (κ3) is 4.71. The molecule has 0 amide bonds. The summed E-state index contributed by atoms with van der Waals surface area (Å²) < 4.78 is 4.56. The van der Waals surface area contributed by atoms with Gasteiger partial charge in [-0.3, -0.25) is 9.59 Å². The van der Waals surface area contributed by atoms with E-state index in [-0.39, 0.29) is 11.8 Å². The summed E-state index contributed by atoms with van der Waals surface area (Å²) in [6.45, 7) is 5.96. The average Bonchev–Trinajstić information content (AvgIpc) is 2.33. The number of esters is 1. The van der Waals surface area contributed by atoms with Crippen molar-refractivity contribution in [3.63, 3.8) is 0 Å². The van der Waals surface area contributed by atoms with Crippen LogP contribution in [0.4, 0.5) is 0 Å². The molecule has 0 aliphatic heterocycles. The SMILES string of the molecule is COC(=O)CCSCC(=O)c1c(C)cc(C)cc1C. The molecule has 0 aliphatic carbocycles. The molecule has 1 aromatic carbocycles. The zero-order chi connectivity index (χ0) is 14.4. The van der Waals surface area contributed by atoms with E-state index in [2.05, 4.69) is 4.74 Å². The molecular formula is C15H20O3S. The number of ether oxygens (including phenoxy) is 1. The number of ketones is 1. The lowest BCUT2D eigenvalue weighted by Crippen LogP contribution is -2.09. The van der Waals surface area contributed by atoms with Crippen LogP contribution in [0.2, 0.25) is 0 Å². The first kappa shape index (κ1) is 15.8. The maximum atomic E-state index is 12.2. The standard InChI is InChI=1S/C15H20O3S/c1-10-7-11(2)15(12(3)8-10)13(16)9-19-6-5-14(17)18-4/h7-8H,5-6,9H2,1-4H3. The van der Waals surface area contributed by atoms with Crippen LogP contribution >= 0.6 is 11.8 Å². The van der Waals surface area contributed by atoms with Gasteiger partial charge < -0.3 is 4.74 Å². The van der Waals surface area contributed by atoms with Crippen LogP contribution in [0.15, 0.2) is 12.1 Å². The molecule has 104 valence electrons. The predicted molar refractivity (Wildman–Crippen MR) is 78.9 cm³/mol. The van der Waals surface area contributed by atoms with Gasteiger partial charge in [-0.25, -0.2) is 0 Å². The minimum Gasteiger partial charge on any atom is -0.469 e.